The molecule has 0 radical (unpaired) electrons. The summed E-state index contributed by atoms with van der Waals surface area (Å²) in [7, 11) is -3.70. The lowest BCUT2D eigenvalue weighted by Crippen LogP contribution is -2.25. The molecular weight excluding hydrogens is 354 g/mol. The van der Waals surface area contributed by atoms with Crippen LogP contribution in [0.1, 0.15) is 29.3 Å². The Morgan fingerprint density at radius 2 is 1.77 bits per heavy atom. The van der Waals surface area contributed by atoms with E-state index in [2.05, 4.69) is 10.6 Å². The Labute approximate surface area is 152 Å². The molecule has 0 spiro atoms. The molecule has 0 aliphatic heterocycles. The molecule has 2 aromatic carbocycles. The summed E-state index contributed by atoms with van der Waals surface area (Å²) in [5.74, 6) is -0.371. The predicted molar refractivity (Wildman–Crippen MR) is 99.2 cm³/mol. The fourth-order valence-electron chi connectivity index (χ4n) is 2.26. The zero-order chi connectivity index (χ0) is 19.2. The van der Waals surface area contributed by atoms with Gasteiger partial charge in [0, 0.05) is 24.2 Å². The predicted octanol–water partition coefficient (Wildman–Crippen LogP) is 1.66. The standard InChI is InChI=1S/C18H21N3O4S/c1-2-17(22)21-15-5-3-4-14(12-15)18(23)20-11-10-13-6-8-16(9-7-13)26(19,24)25/h3-9,12H,2,10-11H2,1H3,(H,20,23)(H,21,22)(H2,19,24,25). The third-order valence-corrected chi connectivity index (χ3v) is 4.61. The highest BCUT2D eigenvalue weighted by molar-refractivity contribution is 7.89. The van der Waals surface area contributed by atoms with E-state index in [1.165, 1.54) is 12.1 Å². The molecule has 2 aromatic rings. The number of hydrogen-bond acceptors (Lipinski definition) is 4. The summed E-state index contributed by atoms with van der Waals surface area (Å²) < 4.78 is 22.4. The summed E-state index contributed by atoms with van der Waals surface area (Å²) in [5.41, 5.74) is 1.90. The van der Waals surface area contributed by atoms with E-state index in [4.69, 9.17) is 5.14 Å². The first kappa shape index (κ1) is 19.6. The van der Waals surface area contributed by atoms with Crippen molar-refractivity contribution < 1.29 is 18.0 Å². The smallest absolute Gasteiger partial charge is 0.251 e. The quantitative estimate of drug-likeness (QED) is 0.682. The molecule has 4 N–H and O–H groups in total. The first-order valence-electron chi connectivity index (χ1n) is 8.09. The van der Waals surface area contributed by atoms with Crippen molar-refractivity contribution in [3.05, 3.63) is 59.7 Å². The zero-order valence-corrected chi connectivity index (χ0v) is 15.2. The zero-order valence-electron chi connectivity index (χ0n) is 14.4. The molecule has 0 aliphatic rings. The number of carbonyl (C=O) groups excluding carboxylic acids is 2. The number of primary sulfonamides is 1. The van der Waals surface area contributed by atoms with Gasteiger partial charge in [0.1, 0.15) is 0 Å². The average molecular weight is 375 g/mol. The number of anilines is 1. The number of benzene rings is 2. The van der Waals surface area contributed by atoms with E-state index in [9.17, 15) is 18.0 Å². The number of nitrogens with two attached hydrogens (primary N) is 1. The highest BCUT2D eigenvalue weighted by Gasteiger charge is 2.08. The molecule has 0 saturated heterocycles. The molecule has 138 valence electrons. The summed E-state index contributed by atoms with van der Waals surface area (Å²) in [5, 5.41) is 10.6. The minimum Gasteiger partial charge on any atom is -0.352 e. The SMILES string of the molecule is CCC(=O)Nc1cccc(C(=O)NCCc2ccc(S(N)(=O)=O)cc2)c1. The number of amides is 2. The van der Waals surface area contributed by atoms with E-state index in [-0.39, 0.29) is 16.7 Å². The molecule has 0 unspecified atom stereocenters. The maximum Gasteiger partial charge on any atom is 0.251 e. The van der Waals surface area contributed by atoms with Crippen molar-refractivity contribution in [2.45, 2.75) is 24.7 Å². The topological polar surface area (TPSA) is 118 Å². The summed E-state index contributed by atoms with van der Waals surface area (Å²) >= 11 is 0. The van der Waals surface area contributed by atoms with Crippen LogP contribution < -0.4 is 15.8 Å². The van der Waals surface area contributed by atoms with Crippen LogP contribution in [-0.4, -0.2) is 26.8 Å². The van der Waals surface area contributed by atoms with Gasteiger partial charge in [-0.05, 0) is 42.3 Å². The van der Waals surface area contributed by atoms with E-state index < -0.39 is 10.0 Å². The van der Waals surface area contributed by atoms with Crippen molar-refractivity contribution in [3.63, 3.8) is 0 Å². The van der Waals surface area contributed by atoms with Gasteiger partial charge >= 0.3 is 0 Å². The second-order valence-corrected chi connectivity index (χ2v) is 7.24. The van der Waals surface area contributed by atoms with Gasteiger partial charge in [0.05, 0.1) is 4.90 Å². The maximum atomic E-state index is 12.2. The lowest BCUT2D eigenvalue weighted by molar-refractivity contribution is -0.115. The molecule has 7 nitrogen and oxygen atoms in total. The first-order valence-corrected chi connectivity index (χ1v) is 9.64. The number of nitrogens with one attached hydrogen (secondary N) is 2. The highest BCUT2D eigenvalue weighted by atomic mass is 32.2. The summed E-state index contributed by atoms with van der Waals surface area (Å²) in [6.45, 7) is 2.14. The molecule has 0 heterocycles. The molecule has 0 saturated carbocycles. The molecule has 0 atom stereocenters. The second kappa shape index (κ2) is 8.59. The number of hydrogen-bond donors (Lipinski definition) is 3. The van der Waals surface area contributed by atoms with Gasteiger partial charge in [0.15, 0.2) is 0 Å². The van der Waals surface area contributed by atoms with Crippen molar-refractivity contribution in [1.82, 2.24) is 5.32 Å². The minimum absolute atomic E-state index is 0.0521. The number of carbonyl (C=O) groups is 2. The molecule has 0 aromatic heterocycles. The third-order valence-electron chi connectivity index (χ3n) is 3.68. The van der Waals surface area contributed by atoms with Gasteiger partial charge in [-0.15, -0.1) is 0 Å². The minimum atomic E-state index is -3.70. The molecule has 0 aliphatic carbocycles. The molecule has 26 heavy (non-hydrogen) atoms. The Balaban J connectivity index is 1.90. The molecular formula is C18H21N3O4S. The van der Waals surface area contributed by atoms with Crippen molar-refractivity contribution in [2.24, 2.45) is 5.14 Å². The Morgan fingerprint density at radius 3 is 2.38 bits per heavy atom. The monoisotopic (exact) mass is 375 g/mol. The Bertz CT molecular complexity index is 893. The van der Waals surface area contributed by atoms with Crippen LogP contribution in [0, 0.1) is 0 Å². The van der Waals surface area contributed by atoms with Crippen molar-refractivity contribution >= 4 is 27.5 Å². The first-order chi connectivity index (χ1) is 12.3. The average Bonchev–Trinajstić information content (AvgIpc) is 2.61. The molecule has 2 rings (SSSR count). The fraction of sp³-hybridized carbons (Fsp3) is 0.222. The number of sulfonamides is 1. The molecule has 2 amide bonds. The van der Waals surface area contributed by atoms with Crippen LogP contribution in [0.3, 0.4) is 0 Å². The van der Waals surface area contributed by atoms with Crippen LogP contribution in [0.25, 0.3) is 0 Å². The lowest BCUT2D eigenvalue weighted by atomic mass is 10.1. The van der Waals surface area contributed by atoms with Crippen LogP contribution >= 0.6 is 0 Å². The fourth-order valence-corrected chi connectivity index (χ4v) is 2.77. The van der Waals surface area contributed by atoms with Crippen LogP contribution in [0.5, 0.6) is 0 Å². The molecule has 8 heteroatoms. The lowest BCUT2D eigenvalue weighted by Gasteiger charge is -2.08. The van der Waals surface area contributed by atoms with E-state index in [1.54, 1.807) is 43.3 Å². The molecule has 0 bridgehead atoms. The normalized spacial score (nSPS) is 11.0. The van der Waals surface area contributed by atoms with E-state index in [1.807, 2.05) is 0 Å². The third kappa shape index (κ3) is 5.68. The maximum absolute atomic E-state index is 12.2. The summed E-state index contributed by atoms with van der Waals surface area (Å²) in [4.78, 5) is 23.7. The van der Waals surface area contributed by atoms with Crippen LogP contribution in [-0.2, 0) is 21.2 Å². The van der Waals surface area contributed by atoms with Gasteiger partial charge in [-0.25, -0.2) is 13.6 Å². The second-order valence-electron chi connectivity index (χ2n) is 5.68. The highest BCUT2D eigenvalue weighted by Crippen LogP contribution is 2.12. The van der Waals surface area contributed by atoms with Crippen LogP contribution in [0.4, 0.5) is 5.69 Å². The van der Waals surface area contributed by atoms with Gasteiger partial charge in [0.25, 0.3) is 5.91 Å². The Kier molecular flexibility index (Phi) is 6.48. The van der Waals surface area contributed by atoms with E-state index in [0.29, 0.717) is 30.6 Å². The van der Waals surface area contributed by atoms with Gasteiger partial charge in [-0.1, -0.05) is 25.1 Å². The van der Waals surface area contributed by atoms with E-state index in [0.717, 1.165) is 5.56 Å². The Morgan fingerprint density at radius 1 is 1.08 bits per heavy atom. The molecule has 0 fully saturated rings. The van der Waals surface area contributed by atoms with Crippen molar-refractivity contribution in [3.8, 4) is 0 Å². The van der Waals surface area contributed by atoms with Gasteiger partial charge in [0.2, 0.25) is 15.9 Å². The van der Waals surface area contributed by atoms with Crippen LogP contribution in [0.15, 0.2) is 53.4 Å². The Hall–Kier alpha value is -2.71. The summed E-state index contributed by atoms with van der Waals surface area (Å²) in [6, 6.07) is 12.9. The largest absolute Gasteiger partial charge is 0.352 e. The van der Waals surface area contributed by atoms with Crippen molar-refractivity contribution in [2.75, 3.05) is 11.9 Å². The van der Waals surface area contributed by atoms with Gasteiger partial charge in [-0.2, -0.15) is 0 Å². The van der Waals surface area contributed by atoms with E-state index >= 15 is 0 Å². The summed E-state index contributed by atoms with van der Waals surface area (Å²) in [6.07, 6.45) is 0.906. The van der Waals surface area contributed by atoms with Crippen LogP contribution in [0.2, 0.25) is 0 Å². The number of rotatable bonds is 7. The van der Waals surface area contributed by atoms with Gasteiger partial charge < -0.3 is 10.6 Å². The van der Waals surface area contributed by atoms with Gasteiger partial charge in [-0.3, -0.25) is 9.59 Å². The van der Waals surface area contributed by atoms with Crippen molar-refractivity contribution in [1.29, 1.82) is 0 Å².